The van der Waals surface area contributed by atoms with Crippen molar-refractivity contribution < 1.29 is 32.9 Å². The van der Waals surface area contributed by atoms with E-state index in [1.807, 2.05) is 27.2 Å². The fourth-order valence-corrected chi connectivity index (χ4v) is 7.41. The molecule has 0 aliphatic rings. The van der Waals surface area contributed by atoms with Gasteiger partial charge in [0.05, 0.1) is 39.9 Å². The molecule has 0 spiro atoms. The molecule has 0 bridgehead atoms. The number of rotatable bonds is 43. The molecule has 0 aromatic heterocycles. The van der Waals surface area contributed by atoms with Crippen LogP contribution in [0.4, 0.5) is 0 Å². The van der Waals surface area contributed by atoms with Gasteiger partial charge in [-0.2, -0.15) is 0 Å². The number of hydrogen-bond donors (Lipinski definition) is 3. The van der Waals surface area contributed by atoms with Crippen molar-refractivity contribution >= 4 is 13.7 Å². The molecule has 1 amide bonds. The van der Waals surface area contributed by atoms with Crippen molar-refractivity contribution in [3.8, 4) is 0 Å². The molecule has 3 atom stereocenters. The van der Waals surface area contributed by atoms with Gasteiger partial charge < -0.3 is 19.8 Å². The second-order valence-electron chi connectivity index (χ2n) is 17.5. The number of allylic oxidation sites excluding steroid dienone is 9. The summed E-state index contributed by atoms with van der Waals surface area (Å²) in [6.45, 7) is 4.67. The largest absolute Gasteiger partial charge is 0.472 e. The molecule has 0 aromatic rings. The Bertz CT molecular complexity index is 1140. The van der Waals surface area contributed by atoms with Gasteiger partial charge in [0.1, 0.15) is 13.2 Å². The van der Waals surface area contributed by atoms with Crippen molar-refractivity contribution in [2.45, 2.75) is 212 Å². The van der Waals surface area contributed by atoms with E-state index in [4.69, 9.17) is 9.05 Å². The summed E-state index contributed by atoms with van der Waals surface area (Å²) in [5.74, 6) is -0.219. The SMILES string of the molecule is CC/C=C\C/C=C\C/C=C\C/C=C\CCCCC(=O)NC(COP(=O)(O)OCC[N+](C)(C)C)C(O)/C=C/CCCCCCCCCCCCCCCCCCCCCC. The van der Waals surface area contributed by atoms with E-state index in [2.05, 4.69) is 67.8 Å². The van der Waals surface area contributed by atoms with Crippen LogP contribution in [0.5, 0.6) is 0 Å². The lowest BCUT2D eigenvalue weighted by Gasteiger charge is -2.25. The molecule has 59 heavy (non-hydrogen) atoms. The molecule has 0 aliphatic carbocycles. The number of quaternary nitrogens is 1. The molecule has 344 valence electrons. The van der Waals surface area contributed by atoms with Crippen molar-refractivity contribution in [1.29, 1.82) is 0 Å². The third kappa shape index (κ3) is 44.1. The number of amides is 1. The molecule has 0 rings (SSSR count). The third-order valence-electron chi connectivity index (χ3n) is 10.5. The number of phosphoric ester groups is 1. The Morgan fingerprint density at radius 3 is 1.49 bits per heavy atom. The predicted octanol–water partition coefficient (Wildman–Crippen LogP) is 13.8. The van der Waals surface area contributed by atoms with Gasteiger partial charge in [0.2, 0.25) is 5.91 Å². The van der Waals surface area contributed by atoms with E-state index in [1.54, 1.807) is 6.08 Å². The van der Waals surface area contributed by atoms with Crippen molar-refractivity contribution in [2.24, 2.45) is 0 Å². The topological polar surface area (TPSA) is 105 Å². The highest BCUT2D eigenvalue weighted by atomic mass is 31.2. The highest BCUT2D eigenvalue weighted by Gasteiger charge is 2.27. The molecule has 0 saturated heterocycles. The fourth-order valence-electron chi connectivity index (χ4n) is 6.68. The first-order chi connectivity index (χ1) is 28.5. The van der Waals surface area contributed by atoms with E-state index in [0.29, 0.717) is 23.9 Å². The number of likely N-dealkylation sites (N-methyl/N-ethyl adjacent to an activating group) is 1. The average Bonchev–Trinajstić information content (AvgIpc) is 3.19. The Morgan fingerprint density at radius 2 is 1.02 bits per heavy atom. The summed E-state index contributed by atoms with van der Waals surface area (Å²) in [7, 11) is 1.54. The van der Waals surface area contributed by atoms with E-state index in [1.165, 1.54) is 116 Å². The minimum absolute atomic E-state index is 0.0511. The summed E-state index contributed by atoms with van der Waals surface area (Å²) in [5, 5.41) is 13.8. The zero-order valence-electron chi connectivity index (χ0n) is 39.0. The summed E-state index contributed by atoms with van der Waals surface area (Å²) in [4.78, 5) is 23.1. The zero-order valence-corrected chi connectivity index (χ0v) is 39.9. The summed E-state index contributed by atoms with van der Waals surface area (Å²) >= 11 is 0. The minimum atomic E-state index is -4.35. The summed E-state index contributed by atoms with van der Waals surface area (Å²) in [5.41, 5.74) is 0. The number of aliphatic hydroxyl groups is 1. The first kappa shape index (κ1) is 57.2. The molecule has 8 nitrogen and oxygen atoms in total. The summed E-state index contributed by atoms with van der Waals surface area (Å²) in [6, 6.07) is -0.870. The maximum Gasteiger partial charge on any atom is 0.472 e. The Kier molecular flexibility index (Phi) is 40.3. The van der Waals surface area contributed by atoms with Crippen LogP contribution in [0, 0.1) is 0 Å². The smallest absolute Gasteiger partial charge is 0.387 e. The quantitative estimate of drug-likeness (QED) is 0.0244. The highest BCUT2D eigenvalue weighted by molar-refractivity contribution is 7.47. The first-order valence-electron chi connectivity index (χ1n) is 24.2. The molecule has 0 aliphatic heterocycles. The number of nitrogens with one attached hydrogen (secondary N) is 1. The van der Waals surface area contributed by atoms with Crippen LogP contribution in [0.15, 0.2) is 60.8 Å². The second-order valence-corrected chi connectivity index (χ2v) is 18.9. The molecule has 0 heterocycles. The molecule has 3 N–H and O–H groups in total. The van der Waals surface area contributed by atoms with Gasteiger partial charge in [-0.25, -0.2) is 4.57 Å². The number of unbranched alkanes of at least 4 members (excludes halogenated alkanes) is 22. The molecule has 0 fully saturated rings. The van der Waals surface area contributed by atoms with E-state index in [9.17, 15) is 19.4 Å². The van der Waals surface area contributed by atoms with Crippen LogP contribution in [0.3, 0.4) is 0 Å². The second kappa shape index (κ2) is 41.5. The molecular formula is C50H94N2O6P+. The van der Waals surface area contributed by atoms with Gasteiger partial charge in [-0.3, -0.25) is 13.8 Å². The maximum absolute atomic E-state index is 12.9. The molecular weight excluding hydrogens is 756 g/mol. The number of phosphoric acid groups is 1. The molecule has 0 saturated carbocycles. The van der Waals surface area contributed by atoms with E-state index in [0.717, 1.165) is 57.8 Å². The first-order valence-corrected chi connectivity index (χ1v) is 25.7. The molecule has 9 heteroatoms. The lowest BCUT2D eigenvalue weighted by molar-refractivity contribution is -0.870. The van der Waals surface area contributed by atoms with E-state index in [-0.39, 0.29) is 19.1 Å². The van der Waals surface area contributed by atoms with Gasteiger partial charge >= 0.3 is 7.82 Å². The molecule has 3 unspecified atom stereocenters. The summed E-state index contributed by atoms with van der Waals surface area (Å²) < 4.78 is 23.6. The maximum atomic E-state index is 12.9. The van der Waals surface area contributed by atoms with Gasteiger partial charge in [0.15, 0.2) is 0 Å². The van der Waals surface area contributed by atoms with Crippen LogP contribution < -0.4 is 5.32 Å². The van der Waals surface area contributed by atoms with Crippen LogP contribution in [0.25, 0.3) is 0 Å². The fraction of sp³-hybridized carbons (Fsp3) is 0.780. The summed E-state index contributed by atoms with van der Waals surface area (Å²) in [6.07, 6.45) is 54.5. The Labute approximate surface area is 364 Å². The molecule has 0 aromatic carbocycles. The van der Waals surface area contributed by atoms with E-state index >= 15 is 0 Å². The van der Waals surface area contributed by atoms with Crippen LogP contribution >= 0.6 is 7.82 Å². The van der Waals surface area contributed by atoms with Crippen LogP contribution in [0.1, 0.15) is 200 Å². The van der Waals surface area contributed by atoms with Gasteiger partial charge in [0.25, 0.3) is 0 Å². The lowest BCUT2D eigenvalue weighted by Crippen LogP contribution is -2.45. The number of hydrogen-bond acceptors (Lipinski definition) is 5. The average molecular weight is 850 g/mol. The predicted molar refractivity (Wildman–Crippen MR) is 254 cm³/mol. The number of nitrogens with zero attached hydrogens (tertiary/aromatic N) is 1. The Balaban J connectivity index is 4.39. The Morgan fingerprint density at radius 1 is 0.593 bits per heavy atom. The van der Waals surface area contributed by atoms with Gasteiger partial charge in [-0.05, 0) is 57.8 Å². The van der Waals surface area contributed by atoms with Crippen molar-refractivity contribution in [3.05, 3.63) is 60.8 Å². The highest BCUT2D eigenvalue weighted by Crippen LogP contribution is 2.43. The monoisotopic (exact) mass is 850 g/mol. The van der Waals surface area contributed by atoms with Crippen LogP contribution in [-0.2, 0) is 18.4 Å². The van der Waals surface area contributed by atoms with Gasteiger partial charge in [0, 0.05) is 6.42 Å². The lowest BCUT2D eigenvalue weighted by atomic mass is 10.0. The van der Waals surface area contributed by atoms with Crippen LogP contribution in [0.2, 0.25) is 0 Å². The van der Waals surface area contributed by atoms with Crippen molar-refractivity contribution in [1.82, 2.24) is 5.32 Å². The number of aliphatic hydroxyl groups excluding tert-OH is 1. The standard InChI is InChI=1S/C50H93N2O6P/c1-6-8-10-12-14-16-18-20-22-23-24-25-26-27-28-30-31-33-35-37-39-41-43-49(53)48(47-58-59(55,56)57-46-45-52(3,4)5)51-50(54)44-42-40-38-36-34-32-29-21-19-17-15-13-11-9-7-2/h9,11,15,17,21,29,34,36,41,43,48-49,53H,6-8,10,12-14,16,18-20,22-28,30-33,35,37-40,42,44-47H2,1-5H3,(H-,51,54,55,56)/p+1/b11-9-,17-15-,29-21-,36-34-,43-41+. The molecule has 0 radical (unpaired) electrons. The third-order valence-corrected chi connectivity index (χ3v) is 11.5. The van der Waals surface area contributed by atoms with E-state index < -0.39 is 20.0 Å². The normalized spacial score (nSPS) is 14.8. The zero-order chi connectivity index (χ0) is 43.6. The van der Waals surface area contributed by atoms with Crippen molar-refractivity contribution in [3.63, 3.8) is 0 Å². The number of carbonyl (C=O) groups excluding carboxylic acids is 1. The Hall–Kier alpha value is -1.80. The van der Waals surface area contributed by atoms with Gasteiger partial charge in [-0.1, -0.05) is 197 Å². The minimum Gasteiger partial charge on any atom is -0.387 e. The van der Waals surface area contributed by atoms with Crippen LogP contribution in [-0.4, -0.2) is 73.4 Å². The van der Waals surface area contributed by atoms with Crippen molar-refractivity contribution in [2.75, 3.05) is 40.9 Å². The number of carbonyl (C=O) groups is 1. The van der Waals surface area contributed by atoms with Gasteiger partial charge in [-0.15, -0.1) is 0 Å².